The second kappa shape index (κ2) is 4.88. The van der Waals surface area contributed by atoms with Crippen LogP contribution in [0.25, 0.3) is 0 Å². The van der Waals surface area contributed by atoms with Crippen molar-refractivity contribution in [2.24, 2.45) is 5.41 Å². The van der Waals surface area contributed by atoms with Crippen molar-refractivity contribution in [2.45, 2.75) is 40.0 Å². The van der Waals surface area contributed by atoms with Gasteiger partial charge < -0.3 is 4.90 Å². The number of carbonyl (C=O) groups excluding carboxylic acids is 1. The Morgan fingerprint density at radius 3 is 2.83 bits per heavy atom. The SMILES string of the molecule is CCC1(C)CN(C(=O)Nc2scnc2C(C)C)C1. The summed E-state index contributed by atoms with van der Waals surface area (Å²) in [6, 6.07) is 0.00655. The van der Waals surface area contributed by atoms with Gasteiger partial charge in [0.15, 0.2) is 0 Å². The van der Waals surface area contributed by atoms with Crippen molar-refractivity contribution in [3.8, 4) is 0 Å². The summed E-state index contributed by atoms with van der Waals surface area (Å²) in [4.78, 5) is 18.2. The van der Waals surface area contributed by atoms with Crippen LogP contribution in [0.2, 0.25) is 0 Å². The molecule has 1 aliphatic heterocycles. The third-order valence-electron chi connectivity index (χ3n) is 3.65. The van der Waals surface area contributed by atoms with E-state index in [9.17, 15) is 4.79 Å². The van der Waals surface area contributed by atoms with Gasteiger partial charge in [0.05, 0.1) is 11.2 Å². The van der Waals surface area contributed by atoms with E-state index in [1.807, 2.05) is 4.90 Å². The van der Waals surface area contributed by atoms with Gasteiger partial charge in [0, 0.05) is 18.5 Å². The van der Waals surface area contributed by atoms with Gasteiger partial charge in [-0.25, -0.2) is 9.78 Å². The lowest BCUT2D eigenvalue weighted by molar-refractivity contribution is 0.0497. The minimum absolute atomic E-state index is 0.00655. The maximum absolute atomic E-state index is 12.1. The lowest BCUT2D eigenvalue weighted by Gasteiger charge is -2.47. The minimum Gasteiger partial charge on any atom is -0.323 e. The molecule has 18 heavy (non-hydrogen) atoms. The molecular formula is C13H21N3OS. The zero-order valence-electron chi connectivity index (χ0n) is 11.5. The number of nitrogens with zero attached hydrogens (tertiary/aromatic N) is 2. The number of thiazole rings is 1. The molecule has 5 heteroatoms. The summed E-state index contributed by atoms with van der Waals surface area (Å²) in [5.41, 5.74) is 3.08. The molecule has 0 unspecified atom stereocenters. The van der Waals surface area contributed by atoms with E-state index in [0.717, 1.165) is 30.2 Å². The number of likely N-dealkylation sites (tertiary alicyclic amines) is 1. The molecule has 100 valence electrons. The average Bonchev–Trinajstić information content (AvgIpc) is 2.72. The van der Waals surface area contributed by atoms with Gasteiger partial charge in [-0.3, -0.25) is 5.32 Å². The second-order valence-corrected chi connectivity index (χ2v) is 6.53. The van der Waals surface area contributed by atoms with Crippen LogP contribution in [0, 0.1) is 5.41 Å². The van der Waals surface area contributed by atoms with Gasteiger partial charge >= 0.3 is 6.03 Å². The van der Waals surface area contributed by atoms with E-state index in [-0.39, 0.29) is 6.03 Å². The topological polar surface area (TPSA) is 45.2 Å². The standard InChI is InChI=1S/C13H21N3OS/c1-5-13(4)6-16(7-13)12(17)15-11-10(9(2)3)14-8-18-11/h8-9H,5-7H2,1-4H3,(H,15,17). The van der Waals surface area contributed by atoms with E-state index in [4.69, 9.17) is 0 Å². The summed E-state index contributed by atoms with van der Waals surface area (Å²) < 4.78 is 0. The lowest BCUT2D eigenvalue weighted by atomic mass is 9.80. The summed E-state index contributed by atoms with van der Waals surface area (Å²) in [6.07, 6.45) is 1.12. The van der Waals surface area contributed by atoms with Crippen molar-refractivity contribution in [3.05, 3.63) is 11.2 Å². The third kappa shape index (κ3) is 2.51. The van der Waals surface area contributed by atoms with Crippen molar-refractivity contribution in [1.29, 1.82) is 0 Å². The van der Waals surface area contributed by atoms with Crippen LogP contribution < -0.4 is 5.32 Å². The van der Waals surface area contributed by atoms with E-state index in [1.54, 1.807) is 5.51 Å². The molecule has 1 saturated heterocycles. The Morgan fingerprint density at radius 2 is 2.28 bits per heavy atom. The highest BCUT2D eigenvalue weighted by Gasteiger charge is 2.39. The number of rotatable bonds is 3. The molecule has 1 fully saturated rings. The average molecular weight is 267 g/mol. The Morgan fingerprint density at radius 1 is 1.61 bits per heavy atom. The van der Waals surface area contributed by atoms with E-state index in [1.165, 1.54) is 11.3 Å². The summed E-state index contributed by atoms with van der Waals surface area (Å²) in [7, 11) is 0. The highest BCUT2D eigenvalue weighted by atomic mass is 32.1. The zero-order chi connectivity index (χ0) is 13.3. The van der Waals surface area contributed by atoms with Gasteiger partial charge in [-0.15, -0.1) is 11.3 Å². The van der Waals surface area contributed by atoms with Crippen LogP contribution in [-0.2, 0) is 0 Å². The normalized spacial score (nSPS) is 17.7. The van der Waals surface area contributed by atoms with Crippen molar-refractivity contribution in [2.75, 3.05) is 18.4 Å². The van der Waals surface area contributed by atoms with Gasteiger partial charge in [-0.1, -0.05) is 27.7 Å². The van der Waals surface area contributed by atoms with Gasteiger partial charge in [0.2, 0.25) is 0 Å². The molecule has 2 rings (SSSR count). The molecule has 1 N–H and O–H groups in total. The second-order valence-electron chi connectivity index (χ2n) is 5.67. The Balaban J connectivity index is 1.95. The predicted molar refractivity (Wildman–Crippen MR) is 75.2 cm³/mol. The number of hydrogen-bond donors (Lipinski definition) is 1. The van der Waals surface area contributed by atoms with Gasteiger partial charge in [0.25, 0.3) is 0 Å². The molecule has 0 aliphatic carbocycles. The summed E-state index contributed by atoms with van der Waals surface area (Å²) in [6.45, 7) is 10.3. The molecule has 0 radical (unpaired) electrons. The van der Waals surface area contributed by atoms with E-state index in [0.29, 0.717) is 11.3 Å². The molecule has 2 amide bonds. The smallest absolute Gasteiger partial charge is 0.322 e. The van der Waals surface area contributed by atoms with Crippen molar-refractivity contribution >= 4 is 22.4 Å². The van der Waals surface area contributed by atoms with Crippen molar-refractivity contribution < 1.29 is 4.79 Å². The first kappa shape index (κ1) is 13.3. The number of carbonyl (C=O) groups is 1. The molecule has 4 nitrogen and oxygen atoms in total. The number of aromatic nitrogens is 1. The molecule has 1 aliphatic rings. The Labute approximate surface area is 112 Å². The van der Waals surface area contributed by atoms with Crippen LogP contribution in [0.4, 0.5) is 9.80 Å². The quantitative estimate of drug-likeness (QED) is 0.910. The summed E-state index contributed by atoms with van der Waals surface area (Å²) in [5.74, 6) is 0.337. The van der Waals surface area contributed by atoms with E-state index >= 15 is 0 Å². The fraction of sp³-hybridized carbons (Fsp3) is 0.692. The molecule has 1 aromatic rings. The van der Waals surface area contributed by atoms with Crippen molar-refractivity contribution in [1.82, 2.24) is 9.88 Å². The van der Waals surface area contributed by atoms with Crippen LogP contribution in [0.5, 0.6) is 0 Å². The van der Waals surface area contributed by atoms with E-state index < -0.39 is 0 Å². The first-order valence-electron chi connectivity index (χ1n) is 6.44. The number of urea groups is 1. The van der Waals surface area contributed by atoms with Crippen LogP contribution in [-0.4, -0.2) is 29.0 Å². The van der Waals surface area contributed by atoms with Gasteiger partial charge in [-0.05, 0) is 12.3 Å². The summed E-state index contributed by atoms with van der Waals surface area (Å²) in [5, 5.41) is 3.87. The predicted octanol–water partition coefficient (Wildman–Crippen LogP) is 3.53. The molecule has 2 heterocycles. The lowest BCUT2D eigenvalue weighted by Crippen LogP contribution is -2.57. The minimum atomic E-state index is 0.00655. The number of anilines is 1. The first-order chi connectivity index (χ1) is 8.45. The number of hydrogen-bond acceptors (Lipinski definition) is 3. The molecule has 0 atom stereocenters. The van der Waals surface area contributed by atoms with Crippen molar-refractivity contribution in [3.63, 3.8) is 0 Å². The molecular weight excluding hydrogens is 246 g/mol. The van der Waals surface area contributed by atoms with Crippen LogP contribution in [0.3, 0.4) is 0 Å². The van der Waals surface area contributed by atoms with Gasteiger partial charge in [0.1, 0.15) is 5.00 Å². The van der Waals surface area contributed by atoms with Crippen LogP contribution in [0.1, 0.15) is 45.7 Å². The number of nitrogens with one attached hydrogen (secondary N) is 1. The molecule has 0 saturated carbocycles. The van der Waals surface area contributed by atoms with Gasteiger partial charge in [-0.2, -0.15) is 0 Å². The molecule has 0 aromatic carbocycles. The molecule has 0 bridgehead atoms. The monoisotopic (exact) mass is 267 g/mol. The molecule has 0 spiro atoms. The Bertz CT molecular complexity index is 435. The highest BCUT2D eigenvalue weighted by Crippen LogP contribution is 2.34. The zero-order valence-corrected chi connectivity index (χ0v) is 12.3. The Kier molecular flexibility index (Phi) is 3.61. The van der Waals surface area contributed by atoms with Crippen LogP contribution >= 0.6 is 11.3 Å². The number of amides is 2. The fourth-order valence-corrected chi connectivity index (χ4v) is 3.01. The molecule has 1 aromatic heterocycles. The van der Waals surface area contributed by atoms with Crippen LogP contribution in [0.15, 0.2) is 5.51 Å². The third-order valence-corrected chi connectivity index (χ3v) is 4.41. The first-order valence-corrected chi connectivity index (χ1v) is 7.32. The highest BCUT2D eigenvalue weighted by molar-refractivity contribution is 7.14. The maximum Gasteiger partial charge on any atom is 0.322 e. The fourth-order valence-electron chi connectivity index (χ4n) is 2.18. The largest absolute Gasteiger partial charge is 0.323 e. The Hall–Kier alpha value is -1.10. The maximum atomic E-state index is 12.1. The van der Waals surface area contributed by atoms with E-state index in [2.05, 4.69) is 38.0 Å². The summed E-state index contributed by atoms with van der Waals surface area (Å²) >= 11 is 1.49.